The van der Waals surface area contributed by atoms with Crippen LogP contribution in [0.5, 0.6) is 0 Å². The molecule has 3 aromatic carbocycles. The minimum Gasteiger partial charge on any atom is -0.368 e. The molecule has 1 saturated heterocycles. The third-order valence-corrected chi connectivity index (χ3v) is 7.92. The largest absolute Gasteiger partial charge is 0.416 e. The number of carbonyl (C=O) groups excluding carboxylic acids is 1. The summed E-state index contributed by atoms with van der Waals surface area (Å²) in [5.74, 6) is -1.38. The number of piperazine rings is 1. The molecule has 1 unspecified atom stereocenters. The summed E-state index contributed by atoms with van der Waals surface area (Å²) in [7, 11) is -3.63. The van der Waals surface area contributed by atoms with Gasteiger partial charge in [-0.1, -0.05) is 25.1 Å². The number of carbonyl (C=O) groups is 1. The summed E-state index contributed by atoms with van der Waals surface area (Å²) in [5, 5.41) is 0. The Hall–Kier alpha value is -3.60. The van der Waals surface area contributed by atoms with Gasteiger partial charge in [-0.25, -0.2) is 12.8 Å². The molecule has 1 heterocycles. The van der Waals surface area contributed by atoms with E-state index in [4.69, 9.17) is 0 Å². The number of rotatable bonds is 9. The first kappa shape index (κ1) is 30.4. The number of alkyl halides is 3. The lowest BCUT2D eigenvalue weighted by Crippen LogP contribution is -2.46. The second kappa shape index (κ2) is 12.1. The van der Waals surface area contributed by atoms with Crippen LogP contribution in [-0.2, 0) is 27.4 Å². The first-order chi connectivity index (χ1) is 19.2. The Morgan fingerprint density at radius 3 is 2.17 bits per heavy atom. The summed E-state index contributed by atoms with van der Waals surface area (Å²) in [6, 6.07) is 15.4. The molecule has 4 rings (SSSR count). The van der Waals surface area contributed by atoms with E-state index >= 15 is 0 Å². The summed E-state index contributed by atoms with van der Waals surface area (Å²) in [6.07, 6.45) is -2.69. The van der Waals surface area contributed by atoms with Crippen LogP contribution in [0.3, 0.4) is 0 Å². The van der Waals surface area contributed by atoms with E-state index in [1.807, 2.05) is 19.1 Å². The number of benzene rings is 3. The molecule has 0 amide bonds. The van der Waals surface area contributed by atoms with E-state index in [1.54, 1.807) is 13.0 Å². The monoisotopic (exact) mass is 591 g/mol. The minimum atomic E-state index is -4.36. The topological polar surface area (TPSA) is 69.7 Å². The first-order valence-electron chi connectivity index (χ1n) is 13.3. The molecule has 0 saturated carbocycles. The number of Topliss-reactive ketones (excluding diaryl/α,β-unsaturated/α-hetero) is 1. The third-order valence-electron chi connectivity index (χ3n) is 7.33. The second-order valence-corrected chi connectivity index (χ2v) is 12.2. The van der Waals surface area contributed by atoms with Gasteiger partial charge in [-0.3, -0.25) is 9.52 Å². The highest BCUT2D eigenvalue weighted by Crippen LogP contribution is 2.32. The molecular formula is C30H33F4N3O3S. The van der Waals surface area contributed by atoms with Crippen LogP contribution >= 0.6 is 0 Å². The Bertz CT molecular complexity index is 1500. The van der Waals surface area contributed by atoms with E-state index in [0.717, 1.165) is 40.9 Å². The number of nitrogens with zero attached hydrogens (tertiary/aromatic N) is 2. The van der Waals surface area contributed by atoms with E-state index < -0.39 is 33.5 Å². The summed E-state index contributed by atoms with van der Waals surface area (Å²) in [4.78, 5) is 17.4. The zero-order valence-electron chi connectivity index (χ0n) is 23.1. The van der Waals surface area contributed by atoms with E-state index in [2.05, 4.69) is 20.6 Å². The molecule has 6 nitrogen and oxygen atoms in total. The smallest absolute Gasteiger partial charge is 0.368 e. The summed E-state index contributed by atoms with van der Waals surface area (Å²) in [5.41, 5.74) is 3.50. The zero-order valence-corrected chi connectivity index (χ0v) is 23.9. The second-order valence-electron chi connectivity index (χ2n) is 10.5. The normalized spacial score (nSPS) is 15.1. The molecule has 41 heavy (non-hydrogen) atoms. The molecule has 1 atom stereocenters. The maximum atomic E-state index is 14.5. The number of anilines is 3. The van der Waals surface area contributed by atoms with E-state index in [9.17, 15) is 30.8 Å². The van der Waals surface area contributed by atoms with Gasteiger partial charge < -0.3 is 9.80 Å². The number of nitrogens with one attached hydrogen (secondary N) is 1. The van der Waals surface area contributed by atoms with Crippen molar-refractivity contribution in [3.05, 3.63) is 88.7 Å². The van der Waals surface area contributed by atoms with Gasteiger partial charge in [0.25, 0.3) is 0 Å². The highest BCUT2D eigenvalue weighted by atomic mass is 32.2. The fourth-order valence-corrected chi connectivity index (χ4v) is 5.55. The third kappa shape index (κ3) is 7.78. The summed E-state index contributed by atoms with van der Waals surface area (Å²) in [6.45, 7) is 6.34. The van der Waals surface area contributed by atoms with Gasteiger partial charge >= 0.3 is 6.18 Å². The van der Waals surface area contributed by atoms with Gasteiger partial charge in [0.2, 0.25) is 10.0 Å². The predicted octanol–water partition coefficient (Wildman–Crippen LogP) is 6.16. The average Bonchev–Trinajstić information content (AvgIpc) is 2.92. The van der Waals surface area contributed by atoms with Crippen LogP contribution in [-0.4, -0.2) is 46.6 Å². The number of aryl methyl sites for hydroxylation is 2. The first-order valence-corrected chi connectivity index (χ1v) is 15.2. The van der Waals surface area contributed by atoms with Gasteiger partial charge in [0, 0.05) is 49.9 Å². The molecule has 1 aliphatic heterocycles. The SMILES string of the molecule is Cc1ccc(CCC(=O)C(C)c2ccc(NS(C)(=O)=O)c(F)c2)c(N2CCN(c3ccc(C(F)(F)F)cc3)CC2)c1. The van der Waals surface area contributed by atoms with Crippen molar-refractivity contribution in [3.63, 3.8) is 0 Å². The molecule has 1 aliphatic rings. The van der Waals surface area contributed by atoms with Gasteiger partial charge in [-0.05, 0) is 72.5 Å². The van der Waals surface area contributed by atoms with Gasteiger partial charge in [0.05, 0.1) is 17.5 Å². The van der Waals surface area contributed by atoms with E-state index in [0.29, 0.717) is 38.2 Å². The molecule has 1 N–H and O–H groups in total. The highest BCUT2D eigenvalue weighted by Gasteiger charge is 2.30. The molecule has 3 aromatic rings. The van der Waals surface area contributed by atoms with Crippen LogP contribution < -0.4 is 14.5 Å². The fraction of sp³-hybridized carbons (Fsp3) is 0.367. The number of halogens is 4. The lowest BCUT2D eigenvalue weighted by atomic mass is 9.92. The van der Waals surface area contributed by atoms with Crippen molar-refractivity contribution in [2.45, 2.75) is 38.8 Å². The Morgan fingerprint density at radius 2 is 1.59 bits per heavy atom. The number of sulfonamides is 1. The summed E-state index contributed by atoms with van der Waals surface area (Å²) >= 11 is 0. The lowest BCUT2D eigenvalue weighted by Gasteiger charge is -2.38. The zero-order chi connectivity index (χ0) is 29.9. The Kier molecular flexibility index (Phi) is 8.96. The van der Waals surface area contributed by atoms with Crippen molar-refractivity contribution >= 4 is 32.9 Å². The van der Waals surface area contributed by atoms with Gasteiger partial charge in [-0.15, -0.1) is 0 Å². The van der Waals surface area contributed by atoms with Crippen LogP contribution in [0.2, 0.25) is 0 Å². The van der Waals surface area contributed by atoms with Crippen LogP contribution in [0.15, 0.2) is 60.7 Å². The molecular weight excluding hydrogens is 558 g/mol. The Balaban J connectivity index is 1.39. The number of hydrogen-bond donors (Lipinski definition) is 1. The van der Waals surface area contributed by atoms with Crippen molar-refractivity contribution < 1.29 is 30.8 Å². The van der Waals surface area contributed by atoms with Crippen LogP contribution in [0.1, 0.15) is 41.5 Å². The van der Waals surface area contributed by atoms with Crippen molar-refractivity contribution in [2.75, 3.05) is 47.0 Å². The molecule has 11 heteroatoms. The fourth-order valence-electron chi connectivity index (χ4n) is 4.99. The van der Waals surface area contributed by atoms with Crippen LogP contribution in [0.4, 0.5) is 34.6 Å². The molecule has 0 spiro atoms. The minimum absolute atomic E-state index is 0.0631. The van der Waals surface area contributed by atoms with Crippen molar-refractivity contribution in [1.82, 2.24) is 0 Å². The molecule has 0 aliphatic carbocycles. The predicted molar refractivity (Wildman–Crippen MR) is 154 cm³/mol. The molecule has 0 bridgehead atoms. The Morgan fingerprint density at radius 1 is 0.951 bits per heavy atom. The van der Waals surface area contributed by atoms with Gasteiger partial charge in [0.15, 0.2) is 0 Å². The van der Waals surface area contributed by atoms with E-state index in [1.165, 1.54) is 24.3 Å². The quantitative estimate of drug-likeness (QED) is 0.302. The standard InChI is InChI=1S/C30H33F4N3O3S/c1-20-4-5-22(7-13-29(38)21(2)23-6-12-27(26(31)19-23)35-41(3,39)40)28(18-20)37-16-14-36(15-17-37)25-10-8-24(9-11-25)30(32,33)34/h4-6,8-12,18-19,21,35H,7,13-17H2,1-3H3. The van der Waals surface area contributed by atoms with Crippen LogP contribution in [0.25, 0.3) is 0 Å². The summed E-state index contributed by atoms with van der Waals surface area (Å²) < 4.78 is 78.2. The van der Waals surface area contributed by atoms with Crippen molar-refractivity contribution in [3.8, 4) is 0 Å². The van der Waals surface area contributed by atoms with Crippen molar-refractivity contribution in [1.29, 1.82) is 0 Å². The van der Waals surface area contributed by atoms with Gasteiger partial charge in [-0.2, -0.15) is 13.2 Å². The van der Waals surface area contributed by atoms with Crippen molar-refractivity contribution in [2.24, 2.45) is 0 Å². The number of ketones is 1. The lowest BCUT2D eigenvalue weighted by molar-refractivity contribution is -0.137. The molecule has 220 valence electrons. The van der Waals surface area contributed by atoms with Crippen LogP contribution in [0, 0.1) is 12.7 Å². The molecule has 0 radical (unpaired) electrons. The number of hydrogen-bond acceptors (Lipinski definition) is 5. The van der Waals surface area contributed by atoms with Gasteiger partial charge in [0.1, 0.15) is 11.6 Å². The average molecular weight is 592 g/mol. The van der Waals surface area contributed by atoms with E-state index in [-0.39, 0.29) is 17.9 Å². The maximum absolute atomic E-state index is 14.5. The maximum Gasteiger partial charge on any atom is 0.416 e. The highest BCUT2D eigenvalue weighted by molar-refractivity contribution is 7.92. The molecule has 0 aromatic heterocycles. The Labute approximate surface area is 238 Å². The molecule has 1 fully saturated rings.